The summed E-state index contributed by atoms with van der Waals surface area (Å²) >= 11 is 0. The summed E-state index contributed by atoms with van der Waals surface area (Å²) in [6, 6.07) is 8.51. The first-order valence-electron chi connectivity index (χ1n) is 6.55. The molecule has 96 valence electrons. The summed E-state index contributed by atoms with van der Waals surface area (Å²) in [6.45, 7) is 8.53. The van der Waals surface area contributed by atoms with Crippen molar-refractivity contribution in [1.82, 2.24) is 5.32 Å². The second-order valence-corrected chi connectivity index (χ2v) is 3.88. The minimum atomic E-state index is 0.229. The van der Waals surface area contributed by atoms with Crippen molar-refractivity contribution < 1.29 is 5.11 Å². The van der Waals surface area contributed by atoms with Crippen LogP contribution in [-0.2, 0) is 6.42 Å². The first-order valence-corrected chi connectivity index (χ1v) is 6.55. The van der Waals surface area contributed by atoms with Crippen molar-refractivity contribution in [3.8, 4) is 0 Å². The largest absolute Gasteiger partial charge is 0.396 e. The number of rotatable bonds is 3. The molecule has 1 fully saturated rings. The molecule has 1 aromatic carbocycles. The van der Waals surface area contributed by atoms with E-state index in [0.29, 0.717) is 0 Å². The van der Waals surface area contributed by atoms with Crippen LogP contribution in [0.4, 0.5) is 5.69 Å². The number of piperazine rings is 1. The number of hydrogen-bond donors (Lipinski definition) is 2. The topological polar surface area (TPSA) is 35.5 Å². The number of nitrogens with zero attached hydrogens (tertiary/aromatic N) is 1. The van der Waals surface area contributed by atoms with E-state index in [1.807, 2.05) is 13.8 Å². The second-order valence-electron chi connectivity index (χ2n) is 3.88. The average Bonchev–Trinajstić information content (AvgIpc) is 2.43. The molecule has 1 heterocycles. The van der Waals surface area contributed by atoms with Gasteiger partial charge in [0.25, 0.3) is 0 Å². The zero-order valence-electron chi connectivity index (χ0n) is 10.9. The molecule has 0 bridgehead atoms. The maximum atomic E-state index is 8.82. The second kappa shape index (κ2) is 8.09. The molecule has 0 amide bonds. The fraction of sp³-hybridized carbons (Fsp3) is 0.571. The van der Waals surface area contributed by atoms with Crippen LogP contribution in [0.3, 0.4) is 0 Å². The predicted molar refractivity (Wildman–Crippen MR) is 73.7 cm³/mol. The zero-order valence-corrected chi connectivity index (χ0v) is 10.9. The fourth-order valence-corrected chi connectivity index (χ4v) is 1.93. The summed E-state index contributed by atoms with van der Waals surface area (Å²) < 4.78 is 0. The van der Waals surface area contributed by atoms with Crippen LogP contribution in [-0.4, -0.2) is 37.9 Å². The molecule has 2 rings (SSSR count). The van der Waals surface area contributed by atoms with E-state index in [2.05, 4.69) is 34.5 Å². The zero-order chi connectivity index (χ0) is 12.5. The normalized spacial score (nSPS) is 15.1. The molecule has 1 aliphatic heterocycles. The van der Waals surface area contributed by atoms with Crippen molar-refractivity contribution >= 4 is 5.69 Å². The molecule has 0 spiro atoms. The molecule has 1 aliphatic rings. The smallest absolute Gasteiger partial charge is 0.0471 e. The summed E-state index contributed by atoms with van der Waals surface area (Å²) in [5.41, 5.74) is 2.49. The molecule has 1 saturated heterocycles. The first-order chi connectivity index (χ1) is 8.40. The van der Waals surface area contributed by atoms with Crippen LogP contribution < -0.4 is 10.2 Å². The van der Waals surface area contributed by atoms with E-state index in [4.69, 9.17) is 5.11 Å². The standard InChI is InChI=1S/C12H18N2O.C2H6/c15-10-5-11-1-3-12(4-2-11)14-8-6-13-7-9-14;1-2/h1-4,13,15H,5-10H2;1-2H3. The molecule has 3 heteroatoms. The number of aliphatic hydroxyl groups is 1. The van der Waals surface area contributed by atoms with Crippen LogP contribution in [0.25, 0.3) is 0 Å². The molecule has 0 unspecified atom stereocenters. The average molecular weight is 236 g/mol. The van der Waals surface area contributed by atoms with E-state index in [1.54, 1.807) is 0 Å². The summed E-state index contributed by atoms with van der Waals surface area (Å²) in [5, 5.41) is 12.2. The van der Waals surface area contributed by atoms with E-state index in [9.17, 15) is 0 Å². The number of anilines is 1. The molecule has 1 aromatic rings. The maximum absolute atomic E-state index is 8.82. The maximum Gasteiger partial charge on any atom is 0.0471 e. The van der Waals surface area contributed by atoms with Gasteiger partial charge in [0.05, 0.1) is 0 Å². The molecular formula is C14H24N2O. The molecule has 2 N–H and O–H groups in total. The Balaban J connectivity index is 0.000000686. The number of benzene rings is 1. The van der Waals surface area contributed by atoms with Crippen molar-refractivity contribution in [2.24, 2.45) is 0 Å². The van der Waals surface area contributed by atoms with Gasteiger partial charge >= 0.3 is 0 Å². The highest BCUT2D eigenvalue weighted by Crippen LogP contribution is 2.15. The Bertz CT molecular complexity index is 292. The SMILES string of the molecule is CC.OCCc1ccc(N2CCNCC2)cc1. The van der Waals surface area contributed by atoms with Gasteiger partial charge in [-0.1, -0.05) is 26.0 Å². The number of hydrogen-bond acceptors (Lipinski definition) is 3. The Morgan fingerprint density at radius 1 is 1.12 bits per heavy atom. The van der Waals surface area contributed by atoms with E-state index in [0.717, 1.165) is 32.6 Å². The monoisotopic (exact) mass is 236 g/mol. The summed E-state index contributed by atoms with van der Waals surface area (Å²) in [5.74, 6) is 0. The minimum absolute atomic E-state index is 0.229. The van der Waals surface area contributed by atoms with Gasteiger partial charge in [0.15, 0.2) is 0 Å². The third kappa shape index (κ3) is 4.36. The van der Waals surface area contributed by atoms with Gasteiger partial charge in [-0.2, -0.15) is 0 Å². The first kappa shape index (κ1) is 14.0. The number of aliphatic hydroxyl groups excluding tert-OH is 1. The van der Waals surface area contributed by atoms with Gasteiger partial charge in [-0.15, -0.1) is 0 Å². The summed E-state index contributed by atoms with van der Waals surface area (Å²) in [6.07, 6.45) is 0.752. The fourth-order valence-electron chi connectivity index (χ4n) is 1.93. The predicted octanol–water partition coefficient (Wildman–Crippen LogP) is 1.66. The lowest BCUT2D eigenvalue weighted by atomic mass is 10.1. The lowest BCUT2D eigenvalue weighted by Crippen LogP contribution is -2.43. The van der Waals surface area contributed by atoms with E-state index >= 15 is 0 Å². The summed E-state index contributed by atoms with van der Waals surface area (Å²) in [7, 11) is 0. The highest BCUT2D eigenvalue weighted by atomic mass is 16.2. The van der Waals surface area contributed by atoms with Gasteiger partial charge in [0.2, 0.25) is 0 Å². The van der Waals surface area contributed by atoms with Crippen molar-refractivity contribution in [3.63, 3.8) is 0 Å². The van der Waals surface area contributed by atoms with E-state index in [1.165, 1.54) is 11.3 Å². The highest BCUT2D eigenvalue weighted by Gasteiger charge is 2.09. The molecule has 0 aromatic heterocycles. The van der Waals surface area contributed by atoms with Gasteiger partial charge in [-0.3, -0.25) is 0 Å². The van der Waals surface area contributed by atoms with Gasteiger partial charge < -0.3 is 15.3 Å². The Labute approximate surface area is 104 Å². The Morgan fingerprint density at radius 2 is 1.71 bits per heavy atom. The van der Waals surface area contributed by atoms with E-state index < -0.39 is 0 Å². The van der Waals surface area contributed by atoms with Crippen molar-refractivity contribution in [1.29, 1.82) is 0 Å². The van der Waals surface area contributed by atoms with E-state index in [-0.39, 0.29) is 6.61 Å². The van der Waals surface area contributed by atoms with Crippen LogP contribution in [0, 0.1) is 0 Å². The Morgan fingerprint density at radius 3 is 2.24 bits per heavy atom. The van der Waals surface area contributed by atoms with Crippen LogP contribution in [0.1, 0.15) is 19.4 Å². The molecule has 0 aliphatic carbocycles. The minimum Gasteiger partial charge on any atom is -0.396 e. The molecular weight excluding hydrogens is 212 g/mol. The highest BCUT2D eigenvalue weighted by molar-refractivity contribution is 5.48. The molecule has 0 radical (unpaired) electrons. The third-order valence-electron chi connectivity index (χ3n) is 2.82. The van der Waals surface area contributed by atoms with Gasteiger partial charge in [0, 0.05) is 38.5 Å². The van der Waals surface area contributed by atoms with Gasteiger partial charge in [0.1, 0.15) is 0 Å². The van der Waals surface area contributed by atoms with Crippen molar-refractivity contribution in [3.05, 3.63) is 29.8 Å². The third-order valence-corrected chi connectivity index (χ3v) is 2.82. The summed E-state index contributed by atoms with van der Waals surface area (Å²) in [4.78, 5) is 2.39. The molecule has 17 heavy (non-hydrogen) atoms. The van der Waals surface area contributed by atoms with Crippen molar-refractivity contribution in [2.75, 3.05) is 37.7 Å². The lowest BCUT2D eigenvalue weighted by molar-refractivity contribution is 0.299. The Hall–Kier alpha value is -1.06. The molecule has 0 atom stereocenters. The van der Waals surface area contributed by atoms with Gasteiger partial charge in [-0.05, 0) is 24.1 Å². The quantitative estimate of drug-likeness (QED) is 0.838. The van der Waals surface area contributed by atoms with Crippen molar-refractivity contribution in [2.45, 2.75) is 20.3 Å². The Kier molecular flexibility index (Phi) is 6.67. The van der Waals surface area contributed by atoms with Crippen LogP contribution in [0.5, 0.6) is 0 Å². The molecule has 3 nitrogen and oxygen atoms in total. The lowest BCUT2D eigenvalue weighted by Gasteiger charge is -2.29. The molecule has 0 saturated carbocycles. The van der Waals surface area contributed by atoms with Crippen LogP contribution in [0.15, 0.2) is 24.3 Å². The van der Waals surface area contributed by atoms with Crippen LogP contribution in [0.2, 0.25) is 0 Å². The van der Waals surface area contributed by atoms with Crippen LogP contribution >= 0.6 is 0 Å². The van der Waals surface area contributed by atoms with Gasteiger partial charge in [-0.25, -0.2) is 0 Å². The number of nitrogens with one attached hydrogen (secondary N) is 1.